The van der Waals surface area contributed by atoms with E-state index in [0.29, 0.717) is 11.7 Å². The second-order valence-electron chi connectivity index (χ2n) is 5.62. The predicted octanol–water partition coefficient (Wildman–Crippen LogP) is 2.37. The van der Waals surface area contributed by atoms with Crippen molar-refractivity contribution in [3.05, 3.63) is 28.2 Å². The van der Waals surface area contributed by atoms with Gasteiger partial charge in [0.25, 0.3) is 0 Å². The number of rotatable bonds is 8. The Morgan fingerprint density at radius 1 is 1.44 bits per heavy atom. The van der Waals surface area contributed by atoms with Gasteiger partial charge in [-0.05, 0) is 58.3 Å². The molecule has 1 aromatic carbocycles. The molecule has 2 rings (SSSR count). The fraction of sp³-hybridized carbons (Fsp3) is 0.529. The third-order valence-corrected chi connectivity index (χ3v) is 4.47. The van der Waals surface area contributed by atoms with E-state index in [1.165, 1.54) is 0 Å². The van der Waals surface area contributed by atoms with Crippen LogP contribution in [-0.4, -0.2) is 62.2 Å². The van der Waals surface area contributed by atoms with Gasteiger partial charge < -0.3 is 14.8 Å². The van der Waals surface area contributed by atoms with Gasteiger partial charge in [-0.2, -0.15) is 5.10 Å². The molecule has 1 aliphatic heterocycles. The molecular weight excluding hydrogens is 404 g/mol. The minimum absolute atomic E-state index is 0.520. The van der Waals surface area contributed by atoms with Crippen LogP contribution in [0.15, 0.2) is 27.8 Å². The van der Waals surface area contributed by atoms with E-state index in [9.17, 15) is 0 Å². The number of hydrogen-bond acceptors (Lipinski definition) is 5. The van der Waals surface area contributed by atoms with E-state index in [4.69, 9.17) is 21.7 Å². The lowest BCUT2D eigenvalue weighted by Gasteiger charge is -2.26. The maximum absolute atomic E-state index is 5.63. The average molecular weight is 429 g/mol. The number of benzene rings is 1. The standard InChI is InChI=1S/C17H25BrN4O2S/c1-2-9-24-16-4-3-14(12-15(16)18)13-20-21-17(25)19-5-6-22-7-10-23-11-8-22/h3-4,12-13H,2,5-11H2,1H3,(H2,19,21,25)/b20-13+. The lowest BCUT2D eigenvalue weighted by atomic mass is 10.2. The number of thiocarbonyl (C=S) groups is 1. The van der Waals surface area contributed by atoms with E-state index < -0.39 is 0 Å². The topological polar surface area (TPSA) is 58.1 Å². The fourth-order valence-electron chi connectivity index (χ4n) is 2.28. The summed E-state index contributed by atoms with van der Waals surface area (Å²) in [5.41, 5.74) is 3.79. The third-order valence-electron chi connectivity index (χ3n) is 3.61. The van der Waals surface area contributed by atoms with Crippen LogP contribution in [0, 0.1) is 0 Å². The molecule has 0 saturated carbocycles. The summed E-state index contributed by atoms with van der Waals surface area (Å²) in [6.45, 7) is 8.10. The number of nitrogens with one attached hydrogen (secondary N) is 2. The summed E-state index contributed by atoms with van der Waals surface area (Å²) in [4.78, 5) is 2.35. The number of halogens is 1. The van der Waals surface area contributed by atoms with Crippen molar-refractivity contribution in [1.82, 2.24) is 15.6 Å². The van der Waals surface area contributed by atoms with Crippen molar-refractivity contribution in [3.8, 4) is 5.75 Å². The van der Waals surface area contributed by atoms with Crippen LogP contribution in [0.1, 0.15) is 18.9 Å². The Kier molecular flexibility index (Phi) is 9.17. The molecule has 8 heteroatoms. The highest BCUT2D eigenvalue weighted by molar-refractivity contribution is 9.10. The molecule has 138 valence electrons. The molecule has 0 atom stereocenters. The lowest BCUT2D eigenvalue weighted by molar-refractivity contribution is 0.0389. The molecule has 0 amide bonds. The van der Waals surface area contributed by atoms with E-state index in [1.807, 2.05) is 18.2 Å². The highest BCUT2D eigenvalue weighted by Crippen LogP contribution is 2.25. The molecule has 1 fully saturated rings. The van der Waals surface area contributed by atoms with Gasteiger partial charge in [0, 0.05) is 26.2 Å². The summed E-state index contributed by atoms with van der Waals surface area (Å²) in [6.07, 6.45) is 2.71. The van der Waals surface area contributed by atoms with Crippen molar-refractivity contribution in [3.63, 3.8) is 0 Å². The summed E-state index contributed by atoms with van der Waals surface area (Å²) >= 11 is 8.73. The molecule has 0 radical (unpaired) electrons. The maximum Gasteiger partial charge on any atom is 0.187 e. The van der Waals surface area contributed by atoms with Gasteiger partial charge in [-0.15, -0.1) is 0 Å². The molecule has 1 heterocycles. The largest absolute Gasteiger partial charge is 0.492 e. The smallest absolute Gasteiger partial charge is 0.187 e. The van der Waals surface area contributed by atoms with Crippen LogP contribution in [0.4, 0.5) is 0 Å². The number of nitrogens with zero attached hydrogens (tertiary/aromatic N) is 2. The molecule has 1 aliphatic rings. The molecule has 1 aromatic rings. The minimum Gasteiger partial charge on any atom is -0.492 e. The number of hydrazone groups is 1. The van der Waals surface area contributed by atoms with Crippen LogP contribution in [0.3, 0.4) is 0 Å². The molecule has 6 nitrogen and oxygen atoms in total. The molecular formula is C17H25BrN4O2S. The van der Waals surface area contributed by atoms with Gasteiger partial charge in [-0.3, -0.25) is 10.3 Å². The SMILES string of the molecule is CCCOc1ccc(/C=N/NC(=S)NCCN2CCOCC2)cc1Br. The molecule has 0 bridgehead atoms. The molecule has 25 heavy (non-hydrogen) atoms. The molecule has 0 aromatic heterocycles. The van der Waals surface area contributed by atoms with Gasteiger partial charge in [0.05, 0.1) is 30.5 Å². The second kappa shape index (κ2) is 11.4. The van der Waals surface area contributed by atoms with Gasteiger partial charge in [0.1, 0.15) is 5.75 Å². The Hall–Kier alpha value is -1.22. The van der Waals surface area contributed by atoms with Crippen LogP contribution in [0.25, 0.3) is 0 Å². The van der Waals surface area contributed by atoms with E-state index in [1.54, 1.807) is 6.21 Å². The second-order valence-corrected chi connectivity index (χ2v) is 6.88. The van der Waals surface area contributed by atoms with Gasteiger partial charge in [-0.25, -0.2) is 0 Å². The summed E-state index contributed by atoms with van der Waals surface area (Å²) in [6, 6.07) is 5.85. The number of ether oxygens (including phenoxy) is 2. The first-order valence-corrected chi connectivity index (χ1v) is 9.68. The highest BCUT2D eigenvalue weighted by atomic mass is 79.9. The van der Waals surface area contributed by atoms with E-state index in [0.717, 1.165) is 61.6 Å². The summed E-state index contributed by atoms with van der Waals surface area (Å²) in [5, 5.41) is 7.84. The lowest BCUT2D eigenvalue weighted by Crippen LogP contribution is -2.42. The van der Waals surface area contributed by atoms with Gasteiger partial charge in [0.15, 0.2) is 5.11 Å². The Bertz CT molecular complexity index is 580. The number of hydrogen-bond donors (Lipinski definition) is 2. The molecule has 0 spiro atoms. The zero-order valence-electron chi connectivity index (χ0n) is 14.5. The Labute approximate surface area is 163 Å². The Morgan fingerprint density at radius 3 is 2.96 bits per heavy atom. The van der Waals surface area contributed by atoms with Crippen molar-refractivity contribution >= 4 is 39.5 Å². The van der Waals surface area contributed by atoms with Crippen molar-refractivity contribution in [2.45, 2.75) is 13.3 Å². The summed E-state index contributed by atoms with van der Waals surface area (Å²) in [7, 11) is 0. The Morgan fingerprint density at radius 2 is 2.24 bits per heavy atom. The van der Waals surface area contributed by atoms with E-state index in [-0.39, 0.29) is 0 Å². The third kappa shape index (κ3) is 7.68. The maximum atomic E-state index is 5.63. The Balaban J connectivity index is 1.68. The average Bonchev–Trinajstić information content (AvgIpc) is 2.62. The first-order chi connectivity index (χ1) is 12.2. The monoisotopic (exact) mass is 428 g/mol. The molecule has 0 unspecified atom stereocenters. The van der Waals surface area contributed by atoms with Crippen LogP contribution < -0.4 is 15.5 Å². The molecule has 1 saturated heterocycles. The zero-order chi connectivity index (χ0) is 17.9. The van der Waals surface area contributed by atoms with Crippen molar-refractivity contribution < 1.29 is 9.47 Å². The van der Waals surface area contributed by atoms with E-state index in [2.05, 4.69) is 43.6 Å². The zero-order valence-corrected chi connectivity index (χ0v) is 16.9. The highest BCUT2D eigenvalue weighted by Gasteiger charge is 2.09. The normalized spacial score (nSPS) is 15.3. The molecule has 2 N–H and O–H groups in total. The quantitative estimate of drug-likeness (QED) is 0.376. The van der Waals surface area contributed by atoms with Crippen LogP contribution >= 0.6 is 28.1 Å². The van der Waals surface area contributed by atoms with E-state index >= 15 is 0 Å². The van der Waals surface area contributed by atoms with Crippen molar-refractivity contribution in [2.24, 2.45) is 5.10 Å². The van der Waals surface area contributed by atoms with Gasteiger partial charge in [-0.1, -0.05) is 6.92 Å². The van der Waals surface area contributed by atoms with Crippen LogP contribution in [0.2, 0.25) is 0 Å². The number of morpholine rings is 1. The summed E-state index contributed by atoms with van der Waals surface area (Å²) < 4.78 is 11.9. The first-order valence-electron chi connectivity index (χ1n) is 8.48. The van der Waals surface area contributed by atoms with Crippen LogP contribution in [0.5, 0.6) is 5.75 Å². The summed E-state index contributed by atoms with van der Waals surface area (Å²) in [5.74, 6) is 0.840. The van der Waals surface area contributed by atoms with Crippen LogP contribution in [-0.2, 0) is 4.74 Å². The van der Waals surface area contributed by atoms with Crippen molar-refractivity contribution in [1.29, 1.82) is 0 Å². The molecule has 0 aliphatic carbocycles. The fourth-order valence-corrected chi connectivity index (χ4v) is 2.95. The first kappa shape index (κ1) is 20.1. The van der Waals surface area contributed by atoms with Crippen molar-refractivity contribution in [2.75, 3.05) is 46.0 Å². The van der Waals surface area contributed by atoms with Gasteiger partial charge >= 0.3 is 0 Å². The predicted molar refractivity (Wildman–Crippen MR) is 109 cm³/mol. The minimum atomic E-state index is 0.520. The van der Waals surface area contributed by atoms with Gasteiger partial charge in [0.2, 0.25) is 0 Å².